The third kappa shape index (κ3) is 3.59. The topological polar surface area (TPSA) is 15.3 Å². The Labute approximate surface area is 104 Å². The van der Waals surface area contributed by atoms with E-state index >= 15 is 0 Å². The van der Waals surface area contributed by atoms with Crippen LogP contribution in [0.3, 0.4) is 0 Å². The second kappa shape index (κ2) is 5.86. The number of nitrogens with one attached hydrogen (secondary N) is 1. The monoisotopic (exact) mass is 228 g/mol. The molecule has 0 atom stereocenters. The Hall–Kier alpha value is -1.30. The molecule has 0 saturated carbocycles. The first-order valence-corrected chi connectivity index (χ1v) is 6.25. The van der Waals surface area contributed by atoms with E-state index in [2.05, 4.69) is 54.1 Å². The number of hydrogen-bond acceptors (Lipinski definition) is 2. The molecule has 0 amide bonds. The van der Waals surface area contributed by atoms with Gasteiger partial charge in [0.1, 0.15) is 0 Å². The van der Waals surface area contributed by atoms with E-state index in [-0.39, 0.29) is 0 Å². The van der Waals surface area contributed by atoms with Gasteiger partial charge in [-0.2, -0.15) is 0 Å². The summed E-state index contributed by atoms with van der Waals surface area (Å²) < 4.78 is 0. The largest absolute Gasteiger partial charge is 0.314 e. The van der Waals surface area contributed by atoms with Gasteiger partial charge >= 0.3 is 0 Å². The maximum absolute atomic E-state index is 3.35. The van der Waals surface area contributed by atoms with Crippen molar-refractivity contribution in [3.05, 3.63) is 34.9 Å². The molecule has 17 heavy (non-hydrogen) atoms. The van der Waals surface area contributed by atoms with Crippen LogP contribution in [0.4, 0.5) is 0 Å². The predicted octanol–water partition coefficient (Wildman–Crippen LogP) is 1.56. The van der Waals surface area contributed by atoms with Crippen LogP contribution in [0, 0.1) is 25.7 Å². The summed E-state index contributed by atoms with van der Waals surface area (Å²) in [7, 11) is 0. The quantitative estimate of drug-likeness (QED) is 0.734. The van der Waals surface area contributed by atoms with Gasteiger partial charge in [-0.15, -0.1) is 0 Å². The maximum atomic E-state index is 3.35. The number of piperazine rings is 1. The van der Waals surface area contributed by atoms with Gasteiger partial charge in [0.25, 0.3) is 0 Å². The summed E-state index contributed by atoms with van der Waals surface area (Å²) >= 11 is 0. The van der Waals surface area contributed by atoms with Crippen LogP contribution in [-0.2, 0) is 0 Å². The zero-order chi connectivity index (χ0) is 12.1. The first-order chi connectivity index (χ1) is 8.25. The molecule has 1 aromatic carbocycles. The van der Waals surface area contributed by atoms with Crippen molar-refractivity contribution >= 4 is 0 Å². The molecule has 0 radical (unpaired) electrons. The summed E-state index contributed by atoms with van der Waals surface area (Å²) in [4.78, 5) is 2.40. The highest BCUT2D eigenvalue weighted by Crippen LogP contribution is 2.08. The highest BCUT2D eigenvalue weighted by atomic mass is 15.2. The lowest BCUT2D eigenvalue weighted by Gasteiger charge is -2.24. The normalized spacial score (nSPS) is 16.4. The van der Waals surface area contributed by atoms with Gasteiger partial charge in [0.05, 0.1) is 6.54 Å². The van der Waals surface area contributed by atoms with Crippen molar-refractivity contribution < 1.29 is 0 Å². The lowest BCUT2D eigenvalue weighted by atomic mass is 10.1. The molecule has 1 fully saturated rings. The van der Waals surface area contributed by atoms with Crippen LogP contribution in [0.15, 0.2) is 18.2 Å². The van der Waals surface area contributed by atoms with E-state index in [1.807, 2.05) is 0 Å². The van der Waals surface area contributed by atoms with Crippen molar-refractivity contribution in [1.82, 2.24) is 10.2 Å². The van der Waals surface area contributed by atoms with Crippen LogP contribution >= 0.6 is 0 Å². The summed E-state index contributed by atoms with van der Waals surface area (Å²) in [5, 5.41) is 3.35. The number of hydrogen-bond donors (Lipinski definition) is 1. The van der Waals surface area contributed by atoms with Crippen molar-refractivity contribution in [2.45, 2.75) is 13.8 Å². The van der Waals surface area contributed by atoms with Crippen LogP contribution in [0.2, 0.25) is 0 Å². The van der Waals surface area contributed by atoms with Crippen LogP contribution in [0.1, 0.15) is 16.7 Å². The minimum absolute atomic E-state index is 0.884. The third-order valence-electron chi connectivity index (χ3n) is 3.12. The molecule has 90 valence electrons. The first-order valence-electron chi connectivity index (χ1n) is 6.25. The van der Waals surface area contributed by atoms with Crippen LogP contribution in [-0.4, -0.2) is 37.6 Å². The number of rotatable bonds is 1. The Kier molecular flexibility index (Phi) is 4.19. The van der Waals surface area contributed by atoms with Gasteiger partial charge in [0.2, 0.25) is 0 Å². The van der Waals surface area contributed by atoms with Gasteiger partial charge in [0.15, 0.2) is 0 Å². The highest BCUT2D eigenvalue weighted by molar-refractivity contribution is 5.42. The molecular formula is C15H20N2. The van der Waals surface area contributed by atoms with E-state index in [0.717, 1.165) is 38.3 Å². The summed E-state index contributed by atoms with van der Waals surface area (Å²) in [6, 6.07) is 6.44. The van der Waals surface area contributed by atoms with Gasteiger partial charge in [-0.05, 0) is 25.5 Å². The molecule has 1 aliphatic heterocycles. The lowest BCUT2D eigenvalue weighted by Crippen LogP contribution is -2.43. The fourth-order valence-corrected chi connectivity index (χ4v) is 2.07. The Morgan fingerprint density at radius 3 is 2.71 bits per heavy atom. The fraction of sp³-hybridized carbons (Fsp3) is 0.467. The van der Waals surface area contributed by atoms with Crippen molar-refractivity contribution in [2.24, 2.45) is 0 Å². The average molecular weight is 228 g/mol. The highest BCUT2D eigenvalue weighted by Gasteiger charge is 2.06. The van der Waals surface area contributed by atoms with Crippen molar-refractivity contribution in [3.63, 3.8) is 0 Å². The van der Waals surface area contributed by atoms with Gasteiger partial charge in [-0.3, -0.25) is 4.90 Å². The third-order valence-corrected chi connectivity index (χ3v) is 3.12. The van der Waals surface area contributed by atoms with Gasteiger partial charge in [0, 0.05) is 31.7 Å². The molecule has 0 aromatic heterocycles. The molecular weight excluding hydrogens is 208 g/mol. The molecule has 0 aliphatic carbocycles. The zero-order valence-corrected chi connectivity index (χ0v) is 10.7. The molecule has 1 aliphatic rings. The average Bonchev–Trinajstić information content (AvgIpc) is 2.33. The minimum atomic E-state index is 0.884. The smallest absolute Gasteiger partial charge is 0.0606 e. The second-order valence-corrected chi connectivity index (χ2v) is 4.65. The molecule has 2 rings (SSSR count). The predicted molar refractivity (Wildman–Crippen MR) is 72.1 cm³/mol. The number of aryl methyl sites for hydroxylation is 2. The van der Waals surface area contributed by atoms with Gasteiger partial charge < -0.3 is 5.32 Å². The first kappa shape index (κ1) is 12.2. The Morgan fingerprint density at radius 1 is 1.24 bits per heavy atom. The zero-order valence-electron chi connectivity index (χ0n) is 10.7. The summed E-state index contributed by atoms with van der Waals surface area (Å²) in [6.07, 6.45) is 0. The number of nitrogens with zero attached hydrogens (tertiary/aromatic N) is 1. The standard InChI is InChI=1S/C15H20N2/c1-13-5-6-15(14(2)12-13)4-3-9-17-10-7-16-8-11-17/h5-6,12,16H,7-11H2,1-2H3. The molecule has 0 unspecified atom stereocenters. The second-order valence-electron chi connectivity index (χ2n) is 4.65. The van der Waals surface area contributed by atoms with E-state index in [1.54, 1.807) is 0 Å². The lowest BCUT2D eigenvalue weighted by molar-refractivity contribution is 0.268. The Morgan fingerprint density at radius 2 is 2.00 bits per heavy atom. The maximum Gasteiger partial charge on any atom is 0.0606 e. The molecule has 0 spiro atoms. The molecule has 1 aromatic rings. The van der Waals surface area contributed by atoms with Crippen molar-refractivity contribution in [2.75, 3.05) is 32.7 Å². The van der Waals surface area contributed by atoms with E-state index < -0.39 is 0 Å². The van der Waals surface area contributed by atoms with E-state index in [1.165, 1.54) is 11.1 Å². The van der Waals surface area contributed by atoms with Crippen molar-refractivity contribution in [1.29, 1.82) is 0 Å². The van der Waals surface area contributed by atoms with Gasteiger partial charge in [-0.1, -0.05) is 29.5 Å². The molecule has 1 N–H and O–H groups in total. The SMILES string of the molecule is Cc1ccc(C#CCN2CCNCC2)c(C)c1. The van der Waals surface area contributed by atoms with Crippen LogP contribution in [0.5, 0.6) is 0 Å². The van der Waals surface area contributed by atoms with Crippen molar-refractivity contribution in [3.8, 4) is 11.8 Å². The fourth-order valence-electron chi connectivity index (χ4n) is 2.07. The Balaban J connectivity index is 1.95. The minimum Gasteiger partial charge on any atom is -0.314 e. The molecule has 1 saturated heterocycles. The molecule has 2 nitrogen and oxygen atoms in total. The van der Waals surface area contributed by atoms with Gasteiger partial charge in [-0.25, -0.2) is 0 Å². The Bertz CT molecular complexity index is 434. The van der Waals surface area contributed by atoms with E-state index in [4.69, 9.17) is 0 Å². The van der Waals surface area contributed by atoms with E-state index in [9.17, 15) is 0 Å². The van der Waals surface area contributed by atoms with E-state index in [0.29, 0.717) is 0 Å². The molecule has 2 heteroatoms. The summed E-state index contributed by atoms with van der Waals surface area (Å²) in [5.41, 5.74) is 3.73. The molecule has 1 heterocycles. The van der Waals surface area contributed by atoms with Crippen LogP contribution < -0.4 is 5.32 Å². The molecule has 0 bridgehead atoms. The summed E-state index contributed by atoms with van der Waals surface area (Å²) in [6.45, 7) is 9.53. The number of benzene rings is 1. The summed E-state index contributed by atoms with van der Waals surface area (Å²) in [5.74, 6) is 6.56. The van der Waals surface area contributed by atoms with Crippen LogP contribution in [0.25, 0.3) is 0 Å².